The Hall–Kier alpha value is -2.39. The van der Waals surface area contributed by atoms with Gasteiger partial charge >= 0.3 is 6.15 Å². The van der Waals surface area contributed by atoms with E-state index in [1.807, 2.05) is 18.2 Å². The normalized spacial score (nSPS) is 9.17. The summed E-state index contributed by atoms with van der Waals surface area (Å²) in [6, 6.07) is 7.58. The van der Waals surface area contributed by atoms with Gasteiger partial charge in [0.1, 0.15) is 5.75 Å². The average molecular weight is 246 g/mol. The van der Waals surface area contributed by atoms with Gasteiger partial charge in [-0.05, 0) is 30.7 Å². The molecule has 2 rings (SSSR count). The van der Waals surface area contributed by atoms with E-state index in [0.29, 0.717) is 0 Å². The van der Waals surface area contributed by atoms with Gasteiger partial charge in [-0.2, -0.15) is 9.59 Å². The maximum Gasteiger partial charge on any atom is 0.373 e. The zero-order valence-corrected chi connectivity index (χ0v) is 10.1. The maximum atomic E-state index is 8.12. The number of benzene rings is 1. The Balaban J connectivity index is 0.000000492. The molecule has 2 aromatic rings. The lowest BCUT2D eigenvalue weighted by Gasteiger charge is -2.06. The molecule has 0 aliphatic heterocycles. The van der Waals surface area contributed by atoms with Crippen molar-refractivity contribution < 1.29 is 14.3 Å². The van der Waals surface area contributed by atoms with Crippen LogP contribution in [0.3, 0.4) is 0 Å². The average Bonchev–Trinajstić information content (AvgIpc) is 2.38. The van der Waals surface area contributed by atoms with Gasteiger partial charge in [-0.15, -0.1) is 0 Å². The number of aromatic nitrogens is 1. The Morgan fingerprint density at radius 1 is 1.33 bits per heavy atom. The molecule has 1 aromatic heterocycles. The number of ether oxygens (including phenoxy) is 1. The monoisotopic (exact) mass is 246 g/mol. The second-order valence-electron chi connectivity index (χ2n) is 3.51. The van der Waals surface area contributed by atoms with Gasteiger partial charge < -0.3 is 10.5 Å². The molecule has 0 fully saturated rings. The zero-order valence-electron chi connectivity index (χ0n) is 10.1. The van der Waals surface area contributed by atoms with Crippen LogP contribution >= 0.6 is 0 Å². The molecule has 0 saturated heterocycles. The second-order valence-corrected chi connectivity index (χ2v) is 3.51. The number of rotatable bonds is 3. The molecule has 0 unspecified atom stereocenters. The first kappa shape index (κ1) is 13.7. The van der Waals surface area contributed by atoms with Crippen molar-refractivity contribution in [3.05, 3.63) is 30.5 Å². The molecule has 2 N–H and O–H groups in total. The minimum Gasteiger partial charge on any atom is -0.494 e. The van der Waals surface area contributed by atoms with Crippen LogP contribution in [0.2, 0.25) is 0 Å². The van der Waals surface area contributed by atoms with Crippen molar-refractivity contribution in [1.29, 1.82) is 0 Å². The first-order chi connectivity index (χ1) is 8.72. The number of hydrogen-bond acceptors (Lipinski definition) is 5. The van der Waals surface area contributed by atoms with Crippen molar-refractivity contribution in [3.8, 4) is 5.75 Å². The summed E-state index contributed by atoms with van der Waals surface area (Å²) < 4.78 is 5.53. The predicted octanol–water partition coefficient (Wildman–Crippen LogP) is 2.02. The van der Waals surface area contributed by atoms with Crippen molar-refractivity contribution in [2.75, 3.05) is 12.3 Å². The van der Waals surface area contributed by atoms with E-state index < -0.39 is 0 Å². The Kier molecular flexibility index (Phi) is 5.35. The van der Waals surface area contributed by atoms with E-state index in [0.717, 1.165) is 35.4 Å². The summed E-state index contributed by atoms with van der Waals surface area (Å²) in [6.07, 6.45) is 2.96. The summed E-state index contributed by atoms with van der Waals surface area (Å²) in [7, 11) is 0. The van der Waals surface area contributed by atoms with Gasteiger partial charge in [-0.25, -0.2) is 0 Å². The summed E-state index contributed by atoms with van der Waals surface area (Å²) in [5.41, 5.74) is 7.50. The molecular formula is C13H14N2O3. The first-order valence-electron chi connectivity index (χ1n) is 5.49. The van der Waals surface area contributed by atoms with Crippen molar-refractivity contribution >= 4 is 22.7 Å². The quantitative estimate of drug-likeness (QED) is 0.895. The highest BCUT2D eigenvalue weighted by Gasteiger charge is 2.00. The van der Waals surface area contributed by atoms with E-state index >= 15 is 0 Å². The van der Waals surface area contributed by atoms with Crippen molar-refractivity contribution in [1.82, 2.24) is 4.98 Å². The number of nitrogens with zero attached hydrogens (tertiary/aromatic N) is 1. The third-order valence-corrected chi connectivity index (χ3v) is 2.22. The molecular weight excluding hydrogens is 232 g/mol. The lowest BCUT2D eigenvalue weighted by molar-refractivity contribution is -0.191. The Bertz CT molecular complexity index is 549. The fraction of sp³-hybridized carbons (Fsp3) is 0.231. The van der Waals surface area contributed by atoms with Crippen molar-refractivity contribution in [2.24, 2.45) is 0 Å². The summed E-state index contributed by atoms with van der Waals surface area (Å²) in [6.45, 7) is 2.81. The molecule has 0 amide bonds. The van der Waals surface area contributed by atoms with E-state index in [2.05, 4.69) is 11.9 Å². The van der Waals surface area contributed by atoms with Crippen LogP contribution in [0.1, 0.15) is 13.3 Å². The lowest BCUT2D eigenvalue weighted by atomic mass is 10.2. The van der Waals surface area contributed by atoms with Gasteiger partial charge in [-0.1, -0.05) is 6.92 Å². The van der Waals surface area contributed by atoms with Crippen LogP contribution in [0.15, 0.2) is 30.5 Å². The first-order valence-corrected chi connectivity index (χ1v) is 5.49. The van der Waals surface area contributed by atoms with Crippen LogP contribution in [-0.4, -0.2) is 17.7 Å². The van der Waals surface area contributed by atoms with Gasteiger partial charge in [0.25, 0.3) is 0 Å². The molecule has 0 spiro atoms. The Labute approximate surface area is 105 Å². The molecule has 0 saturated carbocycles. The van der Waals surface area contributed by atoms with Gasteiger partial charge in [0.15, 0.2) is 0 Å². The van der Waals surface area contributed by atoms with Crippen molar-refractivity contribution in [2.45, 2.75) is 13.3 Å². The third kappa shape index (κ3) is 3.57. The summed E-state index contributed by atoms with van der Waals surface area (Å²) in [4.78, 5) is 20.5. The predicted molar refractivity (Wildman–Crippen MR) is 66.9 cm³/mol. The Morgan fingerprint density at radius 3 is 2.72 bits per heavy atom. The lowest BCUT2D eigenvalue weighted by Crippen LogP contribution is -1.95. The number of anilines is 1. The summed E-state index contributed by atoms with van der Waals surface area (Å²) >= 11 is 0. The highest BCUT2D eigenvalue weighted by atomic mass is 16.5. The fourth-order valence-electron chi connectivity index (χ4n) is 1.46. The number of nitrogens with two attached hydrogens (primary N) is 1. The highest BCUT2D eigenvalue weighted by molar-refractivity contribution is 5.90. The molecule has 0 aliphatic rings. The molecule has 5 nitrogen and oxygen atoms in total. The van der Waals surface area contributed by atoms with Gasteiger partial charge in [0.05, 0.1) is 12.1 Å². The van der Waals surface area contributed by atoms with Crippen LogP contribution in [0.25, 0.3) is 10.9 Å². The third-order valence-electron chi connectivity index (χ3n) is 2.22. The minimum atomic E-state index is 0.250. The van der Waals surface area contributed by atoms with E-state index in [9.17, 15) is 0 Å². The number of hydrogen-bond donors (Lipinski definition) is 1. The van der Waals surface area contributed by atoms with Gasteiger partial charge in [-0.3, -0.25) is 4.98 Å². The maximum absolute atomic E-state index is 8.12. The SMILES string of the molecule is CCCOc1ccc2nccc(N)c2c1.O=C=O. The molecule has 18 heavy (non-hydrogen) atoms. The molecule has 94 valence electrons. The van der Waals surface area contributed by atoms with E-state index in [1.165, 1.54) is 0 Å². The Morgan fingerprint density at radius 2 is 2.06 bits per heavy atom. The molecule has 0 bridgehead atoms. The van der Waals surface area contributed by atoms with Gasteiger partial charge in [0, 0.05) is 17.3 Å². The van der Waals surface area contributed by atoms with E-state index in [-0.39, 0.29) is 6.15 Å². The standard InChI is InChI=1S/C12H14N2O.CO2/c1-2-7-15-9-3-4-12-10(8-9)11(13)5-6-14-12;2-1-3/h3-6,8H,2,7H2,1H3,(H2,13,14);. The smallest absolute Gasteiger partial charge is 0.373 e. The van der Waals surface area contributed by atoms with Gasteiger partial charge in [0.2, 0.25) is 0 Å². The topological polar surface area (TPSA) is 82.3 Å². The fourth-order valence-corrected chi connectivity index (χ4v) is 1.46. The van der Waals surface area contributed by atoms with Crippen LogP contribution in [0.5, 0.6) is 5.75 Å². The zero-order chi connectivity index (χ0) is 13.4. The highest BCUT2D eigenvalue weighted by Crippen LogP contribution is 2.23. The number of fused-ring (bicyclic) bond motifs is 1. The van der Waals surface area contributed by atoms with Crippen LogP contribution in [-0.2, 0) is 9.59 Å². The van der Waals surface area contributed by atoms with E-state index in [4.69, 9.17) is 20.1 Å². The summed E-state index contributed by atoms with van der Waals surface area (Å²) in [5.74, 6) is 0.851. The molecule has 1 heterocycles. The van der Waals surface area contributed by atoms with Crippen LogP contribution in [0, 0.1) is 0 Å². The minimum absolute atomic E-state index is 0.250. The number of carbonyl (C=O) groups excluding carboxylic acids is 2. The second kappa shape index (κ2) is 7.04. The molecule has 0 atom stereocenters. The number of pyridine rings is 1. The van der Waals surface area contributed by atoms with E-state index in [1.54, 1.807) is 12.3 Å². The molecule has 0 aliphatic carbocycles. The van der Waals surface area contributed by atoms with Crippen LogP contribution < -0.4 is 10.5 Å². The number of nitrogen functional groups attached to an aromatic ring is 1. The molecule has 5 heteroatoms. The van der Waals surface area contributed by atoms with Crippen molar-refractivity contribution in [3.63, 3.8) is 0 Å². The summed E-state index contributed by atoms with van der Waals surface area (Å²) in [5, 5.41) is 0.950. The largest absolute Gasteiger partial charge is 0.494 e. The molecule has 1 aromatic carbocycles. The van der Waals surface area contributed by atoms with Crippen LogP contribution in [0.4, 0.5) is 5.69 Å². The molecule has 0 radical (unpaired) electrons.